The molecule has 7 heteroatoms. The molecule has 0 aliphatic carbocycles. The third-order valence-corrected chi connectivity index (χ3v) is 4.68. The van der Waals surface area contributed by atoms with Gasteiger partial charge in [-0.2, -0.15) is 0 Å². The van der Waals surface area contributed by atoms with E-state index in [0.717, 1.165) is 11.1 Å². The smallest absolute Gasteiger partial charge is 0.258 e. The van der Waals surface area contributed by atoms with Crippen molar-refractivity contribution in [3.8, 4) is 17.2 Å². The van der Waals surface area contributed by atoms with Gasteiger partial charge < -0.3 is 24.8 Å². The topological polar surface area (TPSA) is 85.9 Å². The van der Waals surface area contributed by atoms with Crippen molar-refractivity contribution in [3.05, 3.63) is 53.1 Å². The molecule has 0 aromatic heterocycles. The zero-order valence-corrected chi connectivity index (χ0v) is 19.1. The first-order chi connectivity index (χ1) is 14.7. The SMILES string of the molecule is COc1ccc(C(=O)NCCNC(=O)COc2ccc(C)cc2C(C)(C)C)cc1OC. The number of aryl methyl sites for hydroxylation is 1. The summed E-state index contributed by atoms with van der Waals surface area (Å²) in [5.41, 5.74) is 2.56. The minimum atomic E-state index is -0.263. The first-order valence-electron chi connectivity index (χ1n) is 10.2. The molecule has 0 fully saturated rings. The molecular weight excluding hydrogens is 396 g/mol. The Bertz CT molecular complexity index is 919. The van der Waals surface area contributed by atoms with Gasteiger partial charge in [0.2, 0.25) is 0 Å². The maximum absolute atomic E-state index is 12.3. The van der Waals surface area contributed by atoms with Gasteiger partial charge in [-0.1, -0.05) is 38.5 Å². The lowest BCUT2D eigenvalue weighted by Crippen LogP contribution is -2.36. The molecule has 0 bridgehead atoms. The van der Waals surface area contributed by atoms with Crippen LogP contribution in [0.4, 0.5) is 0 Å². The second kappa shape index (κ2) is 10.7. The van der Waals surface area contributed by atoms with Crippen molar-refractivity contribution in [2.75, 3.05) is 33.9 Å². The number of benzene rings is 2. The van der Waals surface area contributed by atoms with Crippen molar-refractivity contribution in [2.45, 2.75) is 33.1 Å². The first kappa shape index (κ1) is 24.1. The number of nitrogens with one attached hydrogen (secondary N) is 2. The maximum Gasteiger partial charge on any atom is 0.258 e. The van der Waals surface area contributed by atoms with Gasteiger partial charge in [-0.3, -0.25) is 9.59 Å². The monoisotopic (exact) mass is 428 g/mol. The third kappa shape index (κ3) is 6.91. The van der Waals surface area contributed by atoms with Crippen molar-refractivity contribution in [2.24, 2.45) is 0 Å². The predicted molar refractivity (Wildman–Crippen MR) is 120 cm³/mol. The predicted octanol–water partition coefficient (Wildman–Crippen LogP) is 3.23. The number of carbonyl (C=O) groups excluding carboxylic acids is 2. The molecule has 2 aromatic rings. The molecule has 7 nitrogen and oxygen atoms in total. The second-order valence-electron chi connectivity index (χ2n) is 8.21. The van der Waals surface area contributed by atoms with Crippen molar-refractivity contribution in [3.63, 3.8) is 0 Å². The Morgan fingerprint density at radius 3 is 2.16 bits per heavy atom. The van der Waals surface area contributed by atoms with Crippen LogP contribution in [0.15, 0.2) is 36.4 Å². The van der Waals surface area contributed by atoms with Gasteiger partial charge in [-0.15, -0.1) is 0 Å². The van der Waals surface area contributed by atoms with Gasteiger partial charge in [0, 0.05) is 18.7 Å². The van der Waals surface area contributed by atoms with Crippen LogP contribution in [0.2, 0.25) is 0 Å². The summed E-state index contributed by atoms with van der Waals surface area (Å²) in [6.07, 6.45) is 0. The number of hydrogen-bond acceptors (Lipinski definition) is 5. The lowest BCUT2D eigenvalue weighted by atomic mass is 9.85. The van der Waals surface area contributed by atoms with E-state index in [1.807, 2.05) is 19.1 Å². The van der Waals surface area contributed by atoms with Crippen LogP contribution in [-0.4, -0.2) is 45.7 Å². The molecule has 0 atom stereocenters. The molecule has 0 aliphatic rings. The van der Waals surface area contributed by atoms with Gasteiger partial charge in [0.1, 0.15) is 5.75 Å². The van der Waals surface area contributed by atoms with Crippen molar-refractivity contribution >= 4 is 11.8 Å². The van der Waals surface area contributed by atoms with Crippen LogP contribution < -0.4 is 24.8 Å². The molecule has 0 unspecified atom stereocenters. The van der Waals surface area contributed by atoms with Crippen LogP contribution in [0, 0.1) is 6.92 Å². The average Bonchev–Trinajstić information content (AvgIpc) is 2.74. The zero-order chi connectivity index (χ0) is 23.0. The van der Waals surface area contributed by atoms with E-state index < -0.39 is 0 Å². The van der Waals surface area contributed by atoms with E-state index in [9.17, 15) is 9.59 Å². The molecule has 0 heterocycles. The highest BCUT2D eigenvalue weighted by molar-refractivity contribution is 5.94. The minimum absolute atomic E-state index is 0.0875. The number of ether oxygens (including phenoxy) is 3. The quantitative estimate of drug-likeness (QED) is 0.599. The molecule has 0 saturated carbocycles. The van der Waals surface area contributed by atoms with E-state index >= 15 is 0 Å². The fraction of sp³-hybridized carbons (Fsp3) is 0.417. The first-order valence-corrected chi connectivity index (χ1v) is 10.2. The van der Waals surface area contributed by atoms with Crippen LogP contribution in [0.5, 0.6) is 17.2 Å². The largest absolute Gasteiger partial charge is 0.493 e. The zero-order valence-electron chi connectivity index (χ0n) is 19.1. The Hall–Kier alpha value is -3.22. The van der Waals surface area contributed by atoms with E-state index in [1.165, 1.54) is 14.2 Å². The van der Waals surface area contributed by atoms with Crippen LogP contribution in [-0.2, 0) is 10.2 Å². The minimum Gasteiger partial charge on any atom is -0.493 e. The van der Waals surface area contributed by atoms with Crippen molar-refractivity contribution < 1.29 is 23.8 Å². The van der Waals surface area contributed by atoms with Gasteiger partial charge in [-0.05, 0) is 42.2 Å². The van der Waals surface area contributed by atoms with Gasteiger partial charge in [-0.25, -0.2) is 0 Å². The molecule has 0 radical (unpaired) electrons. The molecule has 31 heavy (non-hydrogen) atoms. The normalized spacial score (nSPS) is 10.9. The Morgan fingerprint density at radius 1 is 0.871 bits per heavy atom. The van der Waals surface area contributed by atoms with Crippen molar-refractivity contribution in [1.82, 2.24) is 10.6 Å². The summed E-state index contributed by atoms with van der Waals surface area (Å²) in [6.45, 7) is 8.84. The fourth-order valence-electron chi connectivity index (χ4n) is 3.01. The van der Waals surface area contributed by atoms with E-state index in [0.29, 0.717) is 29.4 Å². The number of rotatable bonds is 9. The number of methoxy groups -OCH3 is 2. The number of hydrogen-bond donors (Lipinski definition) is 2. The lowest BCUT2D eigenvalue weighted by molar-refractivity contribution is -0.123. The van der Waals surface area contributed by atoms with E-state index in [-0.39, 0.29) is 30.4 Å². The highest BCUT2D eigenvalue weighted by atomic mass is 16.5. The summed E-state index contributed by atoms with van der Waals surface area (Å²) in [4.78, 5) is 24.4. The summed E-state index contributed by atoms with van der Waals surface area (Å²) in [5.74, 6) is 1.22. The standard InChI is InChI=1S/C24H32N2O5/c1-16-7-9-19(18(13-16)24(2,3)4)31-15-22(27)25-11-12-26-23(28)17-8-10-20(29-5)21(14-17)30-6/h7-10,13-14H,11-12,15H2,1-6H3,(H,25,27)(H,26,28). The Morgan fingerprint density at radius 2 is 1.52 bits per heavy atom. The summed E-state index contributed by atoms with van der Waals surface area (Å²) < 4.78 is 16.1. The molecular formula is C24H32N2O5. The Balaban J connectivity index is 1.80. The molecule has 0 aliphatic heterocycles. The summed E-state index contributed by atoms with van der Waals surface area (Å²) in [6, 6.07) is 10.9. The highest BCUT2D eigenvalue weighted by Gasteiger charge is 2.19. The van der Waals surface area contributed by atoms with Crippen LogP contribution in [0.25, 0.3) is 0 Å². The molecule has 2 rings (SSSR count). The summed E-state index contributed by atoms with van der Waals surface area (Å²) >= 11 is 0. The second-order valence-corrected chi connectivity index (χ2v) is 8.21. The molecule has 0 saturated heterocycles. The van der Waals surface area contributed by atoms with E-state index in [4.69, 9.17) is 14.2 Å². The number of carbonyl (C=O) groups is 2. The highest BCUT2D eigenvalue weighted by Crippen LogP contribution is 2.32. The molecule has 168 valence electrons. The molecule has 2 aromatic carbocycles. The fourth-order valence-corrected chi connectivity index (χ4v) is 3.01. The van der Waals surface area contributed by atoms with Gasteiger partial charge in [0.15, 0.2) is 18.1 Å². The third-order valence-electron chi connectivity index (χ3n) is 4.68. The van der Waals surface area contributed by atoms with Gasteiger partial charge >= 0.3 is 0 Å². The van der Waals surface area contributed by atoms with E-state index in [1.54, 1.807) is 18.2 Å². The molecule has 2 amide bonds. The van der Waals surface area contributed by atoms with Gasteiger partial charge in [0.05, 0.1) is 14.2 Å². The summed E-state index contributed by atoms with van der Waals surface area (Å²) in [7, 11) is 3.05. The molecule has 2 N–H and O–H groups in total. The Kier molecular flexibility index (Phi) is 8.30. The van der Waals surface area contributed by atoms with Crippen LogP contribution in [0.1, 0.15) is 42.3 Å². The van der Waals surface area contributed by atoms with Gasteiger partial charge in [0.25, 0.3) is 11.8 Å². The Labute approximate surface area is 184 Å². The maximum atomic E-state index is 12.3. The lowest BCUT2D eigenvalue weighted by Gasteiger charge is -2.23. The average molecular weight is 429 g/mol. The van der Waals surface area contributed by atoms with Crippen LogP contribution >= 0.6 is 0 Å². The van der Waals surface area contributed by atoms with E-state index in [2.05, 4.69) is 37.5 Å². The number of amides is 2. The molecule has 0 spiro atoms. The van der Waals surface area contributed by atoms with Crippen LogP contribution in [0.3, 0.4) is 0 Å². The summed E-state index contributed by atoms with van der Waals surface area (Å²) in [5, 5.41) is 5.51. The van der Waals surface area contributed by atoms with Crippen molar-refractivity contribution in [1.29, 1.82) is 0 Å².